The predicted octanol–water partition coefficient (Wildman–Crippen LogP) is 3.13. The lowest BCUT2D eigenvalue weighted by Crippen LogP contribution is -2.10. The number of hydrogen-bond acceptors (Lipinski definition) is 3. The summed E-state index contributed by atoms with van der Waals surface area (Å²) in [4.78, 5) is 12.5. The van der Waals surface area contributed by atoms with E-state index in [1.54, 1.807) is 24.3 Å². The van der Waals surface area contributed by atoms with E-state index in [1.165, 1.54) is 42.7 Å². The van der Waals surface area contributed by atoms with E-state index in [0.29, 0.717) is 23.1 Å². The highest BCUT2D eigenvalue weighted by atomic mass is 32.2. The number of hydrogen-bond donors (Lipinski definition) is 1. The highest BCUT2D eigenvalue weighted by Gasteiger charge is 2.36. The zero-order chi connectivity index (χ0) is 15.3. The Morgan fingerprint density at radius 3 is 2.45 bits per heavy atom. The topological polar surface area (TPSA) is 63.2 Å². The zero-order valence-corrected chi connectivity index (χ0v) is 12.9. The van der Waals surface area contributed by atoms with Crippen LogP contribution < -0.4 is 5.32 Å². The highest BCUT2D eigenvalue weighted by Crippen LogP contribution is 2.48. The fraction of sp³-hybridized carbons (Fsp3) is 0.353. The van der Waals surface area contributed by atoms with Gasteiger partial charge in [-0.2, -0.15) is 0 Å². The molecule has 3 aliphatic rings. The Morgan fingerprint density at radius 1 is 1.14 bits per heavy atom. The van der Waals surface area contributed by atoms with Crippen LogP contribution in [0.1, 0.15) is 31.2 Å². The van der Waals surface area contributed by atoms with Crippen LogP contribution in [0.4, 0.5) is 5.69 Å². The number of amides is 1. The molecule has 1 aliphatic heterocycles. The predicted molar refractivity (Wildman–Crippen MR) is 84.8 cm³/mol. The van der Waals surface area contributed by atoms with Crippen LogP contribution in [0.5, 0.6) is 0 Å². The van der Waals surface area contributed by atoms with Gasteiger partial charge in [-0.15, -0.1) is 0 Å². The fourth-order valence-electron chi connectivity index (χ4n) is 2.96. The standard InChI is InChI=1S/C17H17NO3S/c19-17(10-15(11-1-2-11)12-3-4-12)18-14-6-5-13-7-8-22(20,21)16(13)9-14/h5-12H,1-4H2,(H,18,19). The average Bonchev–Trinajstić information content (AvgIpc) is 3.36. The number of anilines is 1. The minimum atomic E-state index is -3.34. The maximum absolute atomic E-state index is 12.2. The summed E-state index contributed by atoms with van der Waals surface area (Å²) in [7, 11) is -3.34. The number of allylic oxidation sites excluding steroid dienone is 1. The maximum atomic E-state index is 12.2. The van der Waals surface area contributed by atoms with Gasteiger partial charge in [-0.25, -0.2) is 8.42 Å². The lowest BCUT2D eigenvalue weighted by Gasteiger charge is -2.07. The first kappa shape index (κ1) is 13.8. The van der Waals surface area contributed by atoms with E-state index >= 15 is 0 Å². The summed E-state index contributed by atoms with van der Waals surface area (Å²) in [5.74, 6) is 1.04. The van der Waals surface area contributed by atoms with Crippen LogP contribution in [0.3, 0.4) is 0 Å². The van der Waals surface area contributed by atoms with Gasteiger partial charge in [0.25, 0.3) is 0 Å². The van der Waals surface area contributed by atoms with Crippen LogP contribution in [0, 0.1) is 11.8 Å². The number of rotatable bonds is 4. The van der Waals surface area contributed by atoms with Crippen molar-refractivity contribution < 1.29 is 13.2 Å². The van der Waals surface area contributed by atoms with Gasteiger partial charge in [-0.05, 0) is 61.3 Å². The summed E-state index contributed by atoms with van der Waals surface area (Å²) in [5, 5.41) is 3.99. The molecule has 5 heteroatoms. The van der Waals surface area contributed by atoms with Gasteiger partial charge >= 0.3 is 0 Å². The van der Waals surface area contributed by atoms with Gasteiger partial charge in [-0.1, -0.05) is 11.6 Å². The minimum Gasteiger partial charge on any atom is -0.322 e. The molecule has 1 aromatic carbocycles. The minimum absolute atomic E-state index is 0.155. The van der Waals surface area contributed by atoms with Crippen molar-refractivity contribution in [3.63, 3.8) is 0 Å². The summed E-state index contributed by atoms with van der Waals surface area (Å²) >= 11 is 0. The van der Waals surface area contributed by atoms with E-state index in [4.69, 9.17) is 0 Å². The summed E-state index contributed by atoms with van der Waals surface area (Å²) in [6.07, 6.45) is 8.08. The maximum Gasteiger partial charge on any atom is 0.248 e. The lowest BCUT2D eigenvalue weighted by molar-refractivity contribution is -0.112. The van der Waals surface area contributed by atoms with E-state index < -0.39 is 9.84 Å². The molecule has 0 aromatic heterocycles. The van der Waals surface area contributed by atoms with Crippen molar-refractivity contribution in [1.29, 1.82) is 0 Å². The molecule has 1 N–H and O–H groups in total. The summed E-state index contributed by atoms with van der Waals surface area (Å²) in [5.41, 5.74) is 2.48. The first-order chi connectivity index (χ1) is 10.5. The van der Waals surface area contributed by atoms with Crippen molar-refractivity contribution in [2.24, 2.45) is 11.8 Å². The van der Waals surface area contributed by atoms with Crippen molar-refractivity contribution in [3.8, 4) is 0 Å². The second kappa shape index (κ2) is 4.81. The van der Waals surface area contributed by atoms with Gasteiger partial charge in [0.05, 0.1) is 4.90 Å². The van der Waals surface area contributed by atoms with E-state index in [0.717, 1.165) is 0 Å². The van der Waals surface area contributed by atoms with Crippen LogP contribution in [0.15, 0.2) is 40.2 Å². The van der Waals surface area contributed by atoms with E-state index in [1.807, 2.05) is 0 Å². The first-order valence-electron chi connectivity index (χ1n) is 7.63. The number of benzene rings is 1. The monoisotopic (exact) mass is 315 g/mol. The van der Waals surface area contributed by atoms with Gasteiger partial charge in [0.1, 0.15) is 0 Å². The third-order valence-corrected chi connectivity index (χ3v) is 5.87. The molecular weight excluding hydrogens is 298 g/mol. The lowest BCUT2D eigenvalue weighted by atomic mass is 10.1. The van der Waals surface area contributed by atoms with E-state index in [-0.39, 0.29) is 10.8 Å². The molecule has 4 rings (SSSR count). The Morgan fingerprint density at radius 2 is 1.82 bits per heavy atom. The number of fused-ring (bicyclic) bond motifs is 1. The molecule has 22 heavy (non-hydrogen) atoms. The Hall–Kier alpha value is -1.88. The van der Waals surface area contributed by atoms with E-state index in [9.17, 15) is 13.2 Å². The zero-order valence-electron chi connectivity index (χ0n) is 12.1. The third-order valence-electron chi connectivity index (χ3n) is 4.41. The van der Waals surface area contributed by atoms with Gasteiger partial charge in [0.2, 0.25) is 15.7 Å². The molecule has 4 nitrogen and oxygen atoms in total. The molecule has 2 fully saturated rings. The van der Waals surface area contributed by atoms with Crippen molar-refractivity contribution in [2.45, 2.75) is 30.6 Å². The SMILES string of the molecule is O=C(C=C(C1CC1)C1CC1)Nc1ccc2c(c1)S(=O)(=O)C=C2. The quantitative estimate of drug-likeness (QED) is 0.868. The molecular formula is C17H17NO3S. The summed E-state index contributed by atoms with van der Waals surface area (Å²) < 4.78 is 23.7. The Kier molecular flexibility index (Phi) is 3.01. The van der Waals surface area contributed by atoms with Crippen LogP contribution in [0.25, 0.3) is 6.08 Å². The summed E-state index contributed by atoms with van der Waals surface area (Å²) in [6, 6.07) is 4.99. The molecule has 0 unspecified atom stereocenters. The molecule has 0 saturated heterocycles. The fourth-order valence-corrected chi connectivity index (χ4v) is 4.19. The smallest absolute Gasteiger partial charge is 0.248 e. The van der Waals surface area contributed by atoms with E-state index in [2.05, 4.69) is 5.32 Å². The molecule has 0 bridgehead atoms. The number of sulfone groups is 1. The van der Waals surface area contributed by atoms with Crippen molar-refractivity contribution in [2.75, 3.05) is 5.32 Å². The van der Waals surface area contributed by atoms with Crippen LogP contribution in [-0.2, 0) is 14.6 Å². The van der Waals surface area contributed by atoms with Gasteiger partial charge < -0.3 is 5.32 Å². The second-order valence-corrected chi connectivity index (χ2v) is 8.08. The Labute approximate surface area is 129 Å². The number of nitrogens with one attached hydrogen (secondary N) is 1. The van der Waals surface area contributed by atoms with Gasteiger partial charge in [0, 0.05) is 17.2 Å². The number of carbonyl (C=O) groups is 1. The summed E-state index contributed by atoms with van der Waals surface area (Å²) in [6.45, 7) is 0. The Bertz CT molecular complexity index is 798. The van der Waals surface area contributed by atoms with Crippen molar-refractivity contribution in [1.82, 2.24) is 0 Å². The van der Waals surface area contributed by atoms with Crippen molar-refractivity contribution in [3.05, 3.63) is 40.8 Å². The highest BCUT2D eigenvalue weighted by molar-refractivity contribution is 7.94. The van der Waals surface area contributed by atoms with Gasteiger partial charge in [0.15, 0.2) is 0 Å². The average molecular weight is 315 g/mol. The normalized spacial score (nSPS) is 21.3. The molecule has 1 aromatic rings. The molecule has 114 valence electrons. The third kappa shape index (κ3) is 2.61. The van der Waals surface area contributed by atoms with Gasteiger partial charge in [-0.3, -0.25) is 4.79 Å². The van der Waals surface area contributed by atoms with Crippen molar-refractivity contribution >= 4 is 27.5 Å². The molecule has 1 heterocycles. The first-order valence-corrected chi connectivity index (χ1v) is 9.17. The van der Waals surface area contributed by atoms with Crippen LogP contribution in [0.2, 0.25) is 0 Å². The molecule has 2 saturated carbocycles. The molecule has 1 amide bonds. The molecule has 2 aliphatic carbocycles. The molecule has 0 spiro atoms. The number of carbonyl (C=O) groups excluding carboxylic acids is 1. The molecule has 0 radical (unpaired) electrons. The van der Waals surface area contributed by atoms with Crippen LogP contribution in [-0.4, -0.2) is 14.3 Å². The second-order valence-electron chi connectivity index (χ2n) is 6.28. The largest absolute Gasteiger partial charge is 0.322 e. The van der Waals surface area contributed by atoms with Crippen LogP contribution >= 0.6 is 0 Å². The molecule has 0 atom stereocenters. The Balaban J connectivity index is 1.54.